The van der Waals surface area contributed by atoms with E-state index in [1.54, 1.807) is 27.7 Å². The van der Waals surface area contributed by atoms with Gasteiger partial charge in [-0.15, -0.1) is 0 Å². The normalized spacial score (nSPS) is 19.1. The standard InChI is InChI=1S/C30H38N4O6/c1-19(26(35)31-15-21-10-11-23-17-33(28(37)38)18-24(23)13-21)32-27(36)25-14-22(12-20-8-6-5-7-9-20)16-34(25)29(39)40-30(2,3)4/h5-11,13,19,22,25H,12,14-18H2,1-4H3,(H,31,35)(H,32,36)(H,37,38)/t19-,22-,25+/m0/s1. The molecule has 10 nitrogen and oxygen atoms in total. The molecule has 3 atom stereocenters. The van der Waals surface area contributed by atoms with Crippen LogP contribution in [0.5, 0.6) is 0 Å². The van der Waals surface area contributed by atoms with Gasteiger partial charge < -0.3 is 20.5 Å². The average molecular weight is 551 g/mol. The summed E-state index contributed by atoms with van der Waals surface area (Å²) in [7, 11) is 0. The Balaban J connectivity index is 1.35. The van der Waals surface area contributed by atoms with Crippen molar-refractivity contribution in [2.75, 3.05) is 6.54 Å². The summed E-state index contributed by atoms with van der Waals surface area (Å²) in [5, 5.41) is 14.8. The zero-order valence-electron chi connectivity index (χ0n) is 23.5. The fourth-order valence-corrected chi connectivity index (χ4v) is 5.20. The zero-order chi connectivity index (χ0) is 29.0. The van der Waals surface area contributed by atoms with Crippen molar-refractivity contribution < 1.29 is 29.0 Å². The maximum absolute atomic E-state index is 13.3. The van der Waals surface area contributed by atoms with Gasteiger partial charge >= 0.3 is 12.2 Å². The second kappa shape index (κ2) is 12.0. The molecular formula is C30H38N4O6. The summed E-state index contributed by atoms with van der Waals surface area (Å²) in [6, 6.07) is 14.0. The molecule has 1 fully saturated rings. The van der Waals surface area contributed by atoms with Crippen LogP contribution in [0.2, 0.25) is 0 Å². The van der Waals surface area contributed by atoms with E-state index in [9.17, 15) is 24.3 Å². The van der Waals surface area contributed by atoms with E-state index in [-0.39, 0.29) is 18.4 Å². The summed E-state index contributed by atoms with van der Waals surface area (Å²) in [4.78, 5) is 53.2. The number of likely N-dealkylation sites (tertiary alicyclic amines) is 1. The third kappa shape index (κ3) is 7.31. The van der Waals surface area contributed by atoms with Gasteiger partial charge in [0.1, 0.15) is 17.7 Å². The van der Waals surface area contributed by atoms with Gasteiger partial charge in [0.25, 0.3) is 0 Å². The minimum atomic E-state index is -0.963. The number of hydrogen-bond acceptors (Lipinski definition) is 5. The predicted octanol–water partition coefficient (Wildman–Crippen LogP) is 3.67. The maximum atomic E-state index is 13.3. The largest absolute Gasteiger partial charge is 0.465 e. The highest BCUT2D eigenvalue weighted by Gasteiger charge is 2.42. The number of nitrogens with zero attached hydrogens (tertiary/aromatic N) is 2. The third-order valence-corrected chi connectivity index (χ3v) is 7.17. The molecule has 0 spiro atoms. The number of hydrogen-bond donors (Lipinski definition) is 3. The SMILES string of the molecule is C[C@H](NC(=O)[C@H]1C[C@H](Cc2ccccc2)CN1C(=O)OC(C)(C)C)C(=O)NCc1ccc2c(c1)CN(C(=O)O)C2. The summed E-state index contributed by atoms with van der Waals surface area (Å²) in [5.41, 5.74) is 3.15. The van der Waals surface area contributed by atoms with E-state index < -0.39 is 35.8 Å². The van der Waals surface area contributed by atoms with Crippen LogP contribution in [0.3, 0.4) is 0 Å². The number of amides is 4. The quantitative estimate of drug-likeness (QED) is 0.483. The second-order valence-electron chi connectivity index (χ2n) is 11.6. The molecule has 0 aromatic heterocycles. The zero-order valence-corrected chi connectivity index (χ0v) is 23.5. The Morgan fingerprint density at radius 2 is 1.73 bits per heavy atom. The highest BCUT2D eigenvalue weighted by atomic mass is 16.6. The van der Waals surface area contributed by atoms with Crippen LogP contribution < -0.4 is 10.6 Å². The number of nitrogens with one attached hydrogen (secondary N) is 2. The smallest absolute Gasteiger partial charge is 0.410 e. The fraction of sp³-hybridized carbons (Fsp3) is 0.467. The lowest BCUT2D eigenvalue weighted by atomic mass is 9.96. The van der Waals surface area contributed by atoms with Gasteiger partial charge in [0.2, 0.25) is 11.8 Å². The Morgan fingerprint density at radius 3 is 2.40 bits per heavy atom. The highest BCUT2D eigenvalue weighted by molar-refractivity contribution is 5.91. The molecule has 0 aliphatic carbocycles. The summed E-state index contributed by atoms with van der Waals surface area (Å²) < 4.78 is 5.58. The van der Waals surface area contributed by atoms with Crippen molar-refractivity contribution in [1.82, 2.24) is 20.4 Å². The molecule has 10 heteroatoms. The van der Waals surface area contributed by atoms with E-state index in [4.69, 9.17) is 4.74 Å². The van der Waals surface area contributed by atoms with Gasteiger partial charge in [-0.2, -0.15) is 0 Å². The monoisotopic (exact) mass is 550 g/mol. The van der Waals surface area contributed by atoms with Gasteiger partial charge in [-0.1, -0.05) is 48.5 Å². The van der Waals surface area contributed by atoms with Crippen LogP contribution in [-0.4, -0.2) is 63.1 Å². The second-order valence-corrected chi connectivity index (χ2v) is 11.6. The molecule has 0 unspecified atom stereocenters. The molecule has 214 valence electrons. The van der Waals surface area contributed by atoms with Gasteiger partial charge in [0, 0.05) is 26.2 Å². The highest BCUT2D eigenvalue weighted by Crippen LogP contribution is 2.29. The molecule has 0 saturated carbocycles. The van der Waals surface area contributed by atoms with Crippen LogP contribution in [0.1, 0.15) is 56.4 Å². The molecule has 1 saturated heterocycles. The van der Waals surface area contributed by atoms with Gasteiger partial charge in [-0.05, 0) is 68.7 Å². The van der Waals surface area contributed by atoms with Crippen LogP contribution in [0, 0.1) is 5.92 Å². The number of rotatable bonds is 7. The van der Waals surface area contributed by atoms with E-state index >= 15 is 0 Å². The van der Waals surface area contributed by atoms with E-state index in [0.29, 0.717) is 26.1 Å². The molecule has 4 amide bonds. The number of ether oxygens (including phenoxy) is 1. The van der Waals surface area contributed by atoms with Gasteiger partial charge in [0.05, 0.1) is 0 Å². The topological polar surface area (TPSA) is 128 Å². The molecule has 0 bridgehead atoms. The lowest BCUT2D eigenvalue weighted by Gasteiger charge is -2.28. The van der Waals surface area contributed by atoms with E-state index in [1.807, 2.05) is 48.5 Å². The van der Waals surface area contributed by atoms with Crippen molar-refractivity contribution in [2.45, 2.75) is 77.9 Å². The number of carbonyl (C=O) groups excluding carboxylic acids is 3. The van der Waals surface area contributed by atoms with E-state index in [1.165, 1.54) is 9.80 Å². The van der Waals surface area contributed by atoms with E-state index in [0.717, 1.165) is 28.7 Å². The summed E-state index contributed by atoms with van der Waals surface area (Å²) in [6.45, 7) is 8.27. The van der Waals surface area contributed by atoms with Crippen molar-refractivity contribution in [3.05, 3.63) is 70.8 Å². The number of carbonyl (C=O) groups is 4. The Bertz CT molecular complexity index is 1260. The van der Waals surface area contributed by atoms with Gasteiger partial charge in [-0.25, -0.2) is 9.59 Å². The van der Waals surface area contributed by atoms with Crippen molar-refractivity contribution in [3.63, 3.8) is 0 Å². The van der Waals surface area contributed by atoms with Crippen LogP contribution >= 0.6 is 0 Å². The first-order valence-corrected chi connectivity index (χ1v) is 13.6. The van der Waals surface area contributed by atoms with Crippen molar-refractivity contribution >= 4 is 24.0 Å². The van der Waals surface area contributed by atoms with Crippen molar-refractivity contribution in [1.29, 1.82) is 0 Å². The van der Waals surface area contributed by atoms with Gasteiger partial charge in [-0.3, -0.25) is 19.4 Å². The molecule has 0 radical (unpaired) electrons. The lowest BCUT2D eigenvalue weighted by Crippen LogP contribution is -2.52. The lowest BCUT2D eigenvalue weighted by molar-refractivity contribution is -0.131. The first-order chi connectivity index (χ1) is 18.9. The van der Waals surface area contributed by atoms with Gasteiger partial charge in [0.15, 0.2) is 0 Å². The summed E-state index contributed by atoms with van der Waals surface area (Å²) in [6.07, 6.45) is -0.310. The van der Waals surface area contributed by atoms with Crippen LogP contribution in [0.15, 0.2) is 48.5 Å². The molecule has 2 aliphatic rings. The fourth-order valence-electron chi connectivity index (χ4n) is 5.20. The minimum Gasteiger partial charge on any atom is -0.465 e. The molecule has 3 N–H and O–H groups in total. The first-order valence-electron chi connectivity index (χ1n) is 13.6. The van der Waals surface area contributed by atoms with Crippen LogP contribution in [0.4, 0.5) is 9.59 Å². The van der Waals surface area contributed by atoms with Crippen molar-refractivity contribution in [3.8, 4) is 0 Å². The third-order valence-electron chi connectivity index (χ3n) is 7.17. The Kier molecular flexibility index (Phi) is 8.66. The summed E-state index contributed by atoms with van der Waals surface area (Å²) >= 11 is 0. The van der Waals surface area contributed by atoms with E-state index in [2.05, 4.69) is 10.6 Å². The maximum Gasteiger partial charge on any atom is 0.410 e. The molecular weight excluding hydrogens is 512 g/mol. The minimum absolute atomic E-state index is 0.0756. The number of carboxylic acid groups (broad SMARTS) is 1. The predicted molar refractivity (Wildman–Crippen MR) is 148 cm³/mol. The molecule has 2 aliphatic heterocycles. The van der Waals surface area contributed by atoms with Crippen LogP contribution in [-0.2, 0) is 40.4 Å². The van der Waals surface area contributed by atoms with Crippen molar-refractivity contribution in [2.24, 2.45) is 5.92 Å². The molecule has 4 rings (SSSR count). The molecule has 2 aromatic rings. The summed E-state index contributed by atoms with van der Waals surface area (Å²) in [5.74, 6) is -0.675. The number of benzene rings is 2. The molecule has 2 aromatic carbocycles. The Labute approximate surface area is 234 Å². The molecule has 2 heterocycles. The number of fused-ring (bicyclic) bond motifs is 1. The first kappa shape index (κ1) is 28.9. The Morgan fingerprint density at radius 1 is 1.02 bits per heavy atom. The Hall–Kier alpha value is -4.08. The molecule has 40 heavy (non-hydrogen) atoms. The average Bonchev–Trinajstić information content (AvgIpc) is 3.51. The van der Waals surface area contributed by atoms with Crippen LogP contribution in [0.25, 0.3) is 0 Å².